The molecule has 1 saturated carbocycles. The Morgan fingerprint density at radius 2 is 1.86 bits per heavy atom. The van der Waals surface area contributed by atoms with E-state index in [1.165, 1.54) is 36.5 Å². The van der Waals surface area contributed by atoms with E-state index in [-0.39, 0.29) is 22.0 Å². The number of rotatable bonds is 8. The van der Waals surface area contributed by atoms with Gasteiger partial charge in [-0.1, -0.05) is 41.1 Å². The van der Waals surface area contributed by atoms with Gasteiger partial charge in [-0.15, -0.1) is 18.3 Å². The molecule has 0 amide bonds. The number of hydrogen-bond donors (Lipinski definition) is 2. The summed E-state index contributed by atoms with van der Waals surface area (Å²) in [6.45, 7) is 0. The first kappa shape index (κ1) is 27.3. The number of fused-ring (bicyclic) bond motifs is 1. The molecule has 1 atom stereocenters. The number of nitriles is 1. The molecule has 8 nitrogen and oxygen atoms in total. The van der Waals surface area contributed by atoms with Crippen molar-refractivity contribution >= 4 is 39.6 Å². The number of alkyl halides is 3. The van der Waals surface area contributed by atoms with Crippen molar-refractivity contribution in [2.45, 2.75) is 31.3 Å². The van der Waals surface area contributed by atoms with Gasteiger partial charge in [0.15, 0.2) is 5.75 Å². The van der Waals surface area contributed by atoms with Crippen molar-refractivity contribution in [3.8, 4) is 11.8 Å². The summed E-state index contributed by atoms with van der Waals surface area (Å²) in [5, 5.41) is 25.3. The molecule has 1 aliphatic carbocycles. The van der Waals surface area contributed by atoms with Crippen molar-refractivity contribution in [1.29, 1.82) is 5.26 Å². The van der Waals surface area contributed by atoms with Crippen LogP contribution in [0.1, 0.15) is 41.7 Å². The van der Waals surface area contributed by atoms with Gasteiger partial charge in [0.1, 0.15) is 17.6 Å². The lowest BCUT2D eigenvalue weighted by Crippen LogP contribution is -2.18. The third-order valence-corrected chi connectivity index (χ3v) is 6.96. The second-order valence-electron chi connectivity index (χ2n) is 9.67. The largest absolute Gasteiger partial charge is 0.573 e. The molecule has 42 heavy (non-hydrogen) atoms. The Balaban J connectivity index is 1.43. The summed E-state index contributed by atoms with van der Waals surface area (Å²) >= 11 is 6.63. The number of halogens is 5. The molecule has 3 aromatic carbocycles. The lowest BCUT2D eigenvalue weighted by atomic mass is 10.0. The van der Waals surface area contributed by atoms with E-state index in [1.54, 1.807) is 28.9 Å². The first-order valence-corrected chi connectivity index (χ1v) is 13.1. The van der Waals surface area contributed by atoms with E-state index in [0.29, 0.717) is 33.9 Å². The zero-order valence-corrected chi connectivity index (χ0v) is 22.3. The molecule has 5 aromatic rings. The minimum absolute atomic E-state index is 0.0193. The van der Waals surface area contributed by atoms with E-state index in [1.807, 2.05) is 12.3 Å². The highest BCUT2D eigenvalue weighted by Gasteiger charge is 2.32. The van der Waals surface area contributed by atoms with E-state index in [2.05, 4.69) is 30.7 Å². The van der Waals surface area contributed by atoms with Gasteiger partial charge in [-0.2, -0.15) is 5.26 Å². The summed E-state index contributed by atoms with van der Waals surface area (Å²) in [7, 11) is 0. The van der Waals surface area contributed by atoms with Crippen LogP contribution in [0.5, 0.6) is 5.75 Å². The number of aromatic nitrogens is 4. The Bertz CT molecular complexity index is 1810. The van der Waals surface area contributed by atoms with Gasteiger partial charge in [-0.3, -0.25) is 4.98 Å². The molecule has 0 aliphatic heterocycles. The zero-order valence-electron chi connectivity index (χ0n) is 21.5. The Morgan fingerprint density at radius 1 is 1.10 bits per heavy atom. The lowest BCUT2D eigenvalue weighted by Gasteiger charge is -2.20. The van der Waals surface area contributed by atoms with Crippen molar-refractivity contribution in [1.82, 2.24) is 20.0 Å². The van der Waals surface area contributed by atoms with Crippen LogP contribution < -0.4 is 15.4 Å². The molecule has 6 rings (SSSR count). The van der Waals surface area contributed by atoms with Crippen molar-refractivity contribution in [3.63, 3.8) is 0 Å². The smallest absolute Gasteiger partial charge is 0.404 e. The molecule has 1 aliphatic rings. The molecule has 212 valence electrons. The SMILES string of the molecule is N#Cc1cnc2c(Cl)cc(NC(c3ccc(F)cc3)c3cn(C4CC4)nn3)cc2c1Nc1ccccc1OC(F)(F)F. The van der Waals surface area contributed by atoms with E-state index < -0.39 is 24.0 Å². The number of benzene rings is 3. The second kappa shape index (κ2) is 10.8. The first-order valence-electron chi connectivity index (χ1n) is 12.8. The maximum Gasteiger partial charge on any atom is 0.573 e. The second-order valence-corrected chi connectivity index (χ2v) is 10.1. The van der Waals surface area contributed by atoms with Crippen LogP contribution >= 0.6 is 11.6 Å². The number of para-hydroxylation sites is 2. The minimum Gasteiger partial charge on any atom is -0.404 e. The third-order valence-electron chi connectivity index (χ3n) is 6.68. The van der Waals surface area contributed by atoms with E-state index in [9.17, 15) is 22.8 Å². The number of nitrogens with zero attached hydrogens (tertiary/aromatic N) is 5. The average Bonchev–Trinajstić information content (AvgIpc) is 3.69. The molecular weight excluding hydrogens is 574 g/mol. The average molecular weight is 594 g/mol. The summed E-state index contributed by atoms with van der Waals surface area (Å²) in [6, 6.07) is 16.5. The third kappa shape index (κ3) is 5.77. The van der Waals surface area contributed by atoms with Crippen LogP contribution in [0.4, 0.5) is 34.6 Å². The Labute approximate surface area is 241 Å². The van der Waals surface area contributed by atoms with Crippen LogP contribution in [0.15, 0.2) is 73.1 Å². The Kier molecular flexibility index (Phi) is 7.04. The monoisotopic (exact) mass is 593 g/mol. The molecule has 1 fully saturated rings. The maximum atomic E-state index is 13.8. The normalized spacial score (nSPS) is 13.9. The van der Waals surface area contributed by atoms with Crippen LogP contribution in [-0.4, -0.2) is 26.3 Å². The van der Waals surface area contributed by atoms with E-state index in [0.717, 1.165) is 18.9 Å². The highest BCUT2D eigenvalue weighted by Crippen LogP contribution is 2.40. The number of anilines is 3. The number of ether oxygens (including phenoxy) is 1. The standard InChI is InChI=1S/C29H20ClF4N7O/c30-22-12-19(37-27(16-5-7-18(31)8-6-16)24-15-41(40-39-24)20-9-10-20)11-21-26(17(13-35)14-36-28(21)22)38-23-3-1-2-4-25(23)42-29(32,33)34/h1-8,11-12,14-15,20,27,37H,9-10H2,(H,36,38). The van der Waals surface area contributed by atoms with Gasteiger partial charge in [0.25, 0.3) is 0 Å². The van der Waals surface area contributed by atoms with Crippen LogP contribution in [0, 0.1) is 17.1 Å². The summed E-state index contributed by atoms with van der Waals surface area (Å²) in [5.74, 6) is -0.872. The first-order chi connectivity index (χ1) is 20.2. The molecule has 13 heteroatoms. The lowest BCUT2D eigenvalue weighted by molar-refractivity contribution is -0.274. The predicted octanol–water partition coefficient (Wildman–Crippen LogP) is 7.67. The maximum absolute atomic E-state index is 13.8. The van der Waals surface area contributed by atoms with E-state index in [4.69, 9.17) is 11.6 Å². The van der Waals surface area contributed by atoms with Gasteiger partial charge in [0.2, 0.25) is 0 Å². The molecule has 0 spiro atoms. The summed E-state index contributed by atoms with van der Waals surface area (Å²) in [5.41, 5.74) is 2.33. The van der Waals surface area contributed by atoms with E-state index >= 15 is 0 Å². The molecule has 1 unspecified atom stereocenters. The molecule has 2 aromatic heterocycles. The molecule has 2 heterocycles. The van der Waals surface area contributed by atoms with Gasteiger partial charge in [-0.05, 0) is 54.8 Å². The number of nitrogens with one attached hydrogen (secondary N) is 2. The fraction of sp³-hybridized carbons (Fsp3) is 0.172. The van der Waals surface area contributed by atoms with Gasteiger partial charge in [-0.25, -0.2) is 9.07 Å². The highest BCUT2D eigenvalue weighted by molar-refractivity contribution is 6.36. The highest BCUT2D eigenvalue weighted by atomic mass is 35.5. The fourth-order valence-electron chi connectivity index (χ4n) is 4.57. The topological polar surface area (TPSA) is 101 Å². The van der Waals surface area contributed by atoms with Gasteiger partial charge < -0.3 is 15.4 Å². The molecule has 0 radical (unpaired) electrons. The van der Waals surface area contributed by atoms with Gasteiger partial charge in [0.05, 0.1) is 45.8 Å². The summed E-state index contributed by atoms with van der Waals surface area (Å²) in [6.07, 6.45) is 0.223. The van der Waals surface area contributed by atoms with Crippen LogP contribution in [0.25, 0.3) is 10.9 Å². The Morgan fingerprint density at radius 3 is 2.57 bits per heavy atom. The van der Waals surface area contributed by atoms with Gasteiger partial charge >= 0.3 is 6.36 Å². The van der Waals surface area contributed by atoms with Gasteiger partial charge in [0, 0.05) is 17.3 Å². The number of hydrogen-bond acceptors (Lipinski definition) is 7. The van der Waals surface area contributed by atoms with Crippen LogP contribution in [0.2, 0.25) is 5.02 Å². The van der Waals surface area contributed by atoms with Crippen LogP contribution in [0.3, 0.4) is 0 Å². The summed E-state index contributed by atoms with van der Waals surface area (Å²) < 4.78 is 58.9. The minimum atomic E-state index is -4.92. The zero-order chi connectivity index (χ0) is 29.4. The van der Waals surface area contributed by atoms with Crippen molar-refractivity contribution in [2.24, 2.45) is 0 Å². The van der Waals surface area contributed by atoms with Crippen molar-refractivity contribution in [2.75, 3.05) is 10.6 Å². The predicted molar refractivity (Wildman–Crippen MR) is 148 cm³/mol. The number of pyridine rings is 1. The van der Waals surface area contributed by atoms with Crippen LogP contribution in [-0.2, 0) is 0 Å². The molecule has 2 N–H and O–H groups in total. The summed E-state index contributed by atoms with van der Waals surface area (Å²) in [4.78, 5) is 4.31. The van der Waals surface area contributed by atoms with Crippen molar-refractivity contribution < 1.29 is 22.3 Å². The van der Waals surface area contributed by atoms with Crippen molar-refractivity contribution in [3.05, 3.63) is 101 Å². The Hall–Kier alpha value is -4.89. The molecular formula is C29H20ClF4N7O. The molecule has 0 bridgehead atoms. The fourth-order valence-corrected chi connectivity index (χ4v) is 4.84. The molecule has 0 saturated heterocycles. The quantitative estimate of drug-likeness (QED) is 0.178.